The minimum absolute atomic E-state index is 0.178. The van der Waals surface area contributed by atoms with Gasteiger partial charge < -0.3 is 0 Å². The summed E-state index contributed by atoms with van der Waals surface area (Å²) < 4.78 is 2.91. The van der Waals surface area contributed by atoms with Crippen LogP contribution < -0.4 is 11.1 Å². The first-order chi connectivity index (χ1) is 9.72. The molecule has 2 heterocycles. The highest BCUT2D eigenvalue weighted by Gasteiger charge is 2.08. The number of rotatable bonds is 4. The Labute approximate surface area is 121 Å². The van der Waals surface area contributed by atoms with Crippen molar-refractivity contribution in [2.24, 2.45) is 0 Å². The maximum absolute atomic E-state index is 11.7. The van der Waals surface area contributed by atoms with Gasteiger partial charge in [-0.15, -0.1) is 11.3 Å². The van der Waals surface area contributed by atoms with Crippen LogP contribution in [0.25, 0.3) is 10.2 Å². The van der Waals surface area contributed by atoms with Crippen molar-refractivity contribution in [2.45, 2.75) is 4.34 Å². The molecule has 0 unspecified atom stereocenters. The van der Waals surface area contributed by atoms with Gasteiger partial charge in [-0.1, -0.05) is 23.9 Å². The number of benzene rings is 1. The number of aromatic amines is 1. The van der Waals surface area contributed by atoms with Gasteiger partial charge in [0.2, 0.25) is 5.91 Å². The fourth-order valence-corrected chi connectivity index (χ4v) is 3.40. The van der Waals surface area contributed by atoms with E-state index in [0.29, 0.717) is 0 Å². The van der Waals surface area contributed by atoms with Crippen molar-refractivity contribution in [3.63, 3.8) is 0 Å². The highest BCUT2D eigenvalue weighted by atomic mass is 32.2. The molecule has 0 bridgehead atoms. The zero-order chi connectivity index (χ0) is 13.9. The summed E-state index contributed by atoms with van der Waals surface area (Å²) in [6.45, 7) is 0. The average molecular weight is 307 g/mol. The number of nitrogens with zero attached hydrogens (tertiary/aromatic N) is 3. The fraction of sp³-hybridized carbons (Fsp3) is 0.0909. The van der Waals surface area contributed by atoms with E-state index in [9.17, 15) is 9.59 Å². The summed E-state index contributed by atoms with van der Waals surface area (Å²) >= 11 is 2.87. The molecule has 2 aromatic heterocycles. The number of fused-ring (bicyclic) bond motifs is 1. The Bertz CT molecular complexity index is 773. The van der Waals surface area contributed by atoms with Crippen molar-refractivity contribution in [1.29, 1.82) is 0 Å². The molecule has 0 saturated carbocycles. The monoisotopic (exact) mass is 307 g/mol. The van der Waals surface area contributed by atoms with Crippen molar-refractivity contribution < 1.29 is 4.79 Å². The van der Waals surface area contributed by atoms with Crippen LogP contribution in [0.1, 0.15) is 0 Å². The van der Waals surface area contributed by atoms with Gasteiger partial charge in [0.1, 0.15) is 6.33 Å². The van der Waals surface area contributed by atoms with Crippen LogP contribution in [0.3, 0.4) is 0 Å². The number of hydrogen-bond donors (Lipinski definition) is 2. The van der Waals surface area contributed by atoms with Crippen molar-refractivity contribution in [2.75, 3.05) is 11.2 Å². The Morgan fingerprint density at radius 2 is 2.30 bits per heavy atom. The van der Waals surface area contributed by atoms with E-state index < -0.39 is 5.69 Å². The van der Waals surface area contributed by atoms with Crippen LogP contribution in [0.15, 0.2) is 39.7 Å². The van der Waals surface area contributed by atoms with Crippen molar-refractivity contribution in [3.8, 4) is 0 Å². The molecule has 3 rings (SSSR count). The molecule has 0 fully saturated rings. The lowest BCUT2D eigenvalue weighted by Crippen LogP contribution is -2.31. The summed E-state index contributed by atoms with van der Waals surface area (Å²) in [5.41, 5.74) is 2.86. The quantitative estimate of drug-likeness (QED) is 0.703. The van der Waals surface area contributed by atoms with Gasteiger partial charge in [-0.25, -0.2) is 14.9 Å². The molecule has 7 nitrogen and oxygen atoms in total. The molecule has 3 aromatic rings. The molecule has 0 aliphatic heterocycles. The molecular weight excluding hydrogens is 298 g/mol. The number of nitrogens with one attached hydrogen (secondary N) is 2. The minimum atomic E-state index is -0.483. The van der Waals surface area contributed by atoms with Crippen LogP contribution >= 0.6 is 23.1 Å². The number of hydrogen-bond acceptors (Lipinski definition) is 6. The lowest BCUT2D eigenvalue weighted by Gasteiger charge is -2.01. The first-order valence-electron chi connectivity index (χ1n) is 5.62. The maximum Gasteiger partial charge on any atom is 0.362 e. The molecule has 0 spiro atoms. The molecule has 102 valence electrons. The third-order valence-electron chi connectivity index (χ3n) is 2.40. The summed E-state index contributed by atoms with van der Waals surface area (Å²) in [5.74, 6) is -0.116. The van der Waals surface area contributed by atoms with E-state index in [1.807, 2.05) is 24.3 Å². The molecule has 2 N–H and O–H groups in total. The largest absolute Gasteiger partial charge is 0.362 e. The third-order valence-corrected chi connectivity index (χ3v) is 4.58. The number of thiazole rings is 1. The van der Waals surface area contributed by atoms with E-state index in [2.05, 4.69) is 20.6 Å². The Balaban J connectivity index is 1.63. The second-order valence-corrected chi connectivity index (χ2v) is 6.06. The maximum atomic E-state index is 11.7. The number of amides is 1. The molecule has 0 radical (unpaired) electrons. The summed E-state index contributed by atoms with van der Waals surface area (Å²) in [6.07, 6.45) is 1.21. The van der Waals surface area contributed by atoms with Crippen LogP contribution in [-0.4, -0.2) is 31.5 Å². The van der Waals surface area contributed by atoms with E-state index in [1.54, 1.807) is 0 Å². The molecule has 1 amide bonds. The van der Waals surface area contributed by atoms with Gasteiger partial charge in [-0.2, -0.15) is 9.77 Å². The Morgan fingerprint density at radius 1 is 1.45 bits per heavy atom. The van der Waals surface area contributed by atoms with Crippen LogP contribution in [0.4, 0.5) is 0 Å². The zero-order valence-electron chi connectivity index (χ0n) is 10.1. The minimum Gasteiger partial charge on any atom is -0.272 e. The van der Waals surface area contributed by atoms with Gasteiger partial charge in [0, 0.05) is 0 Å². The average Bonchev–Trinajstić information content (AvgIpc) is 3.03. The Morgan fingerprint density at radius 3 is 3.05 bits per heavy atom. The first kappa shape index (κ1) is 12.9. The van der Waals surface area contributed by atoms with E-state index in [4.69, 9.17) is 0 Å². The second-order valence-electron chi connectivity index (χ2n) is 3.80. The smallest absolute Gasteiger partial charge is 0.272 e. The van der Waals surface area contributed by atoms with Crippen molar-refractivity contribution >= 4 is 39.2 Å². The van der Waals surface area contributed by atoms with Gasteiger partial charge in [0.25, 0.3) is 0 Å². The third kappa shape index (κ3) is 2.73. The van der Waals surface area contributed by atoms with Gasteiger partial charge in [-0.3, -0.25) is 10.2 Å². The first-order valence-corrected chi connectivity index (χ1v) is 7.43. The Kier molecular flexibility index (Phi) is 3.52. The summed E-state index contributed by atoms with van der Waals surface area (Å²) in [4.78, 5) is 27.3. The highest BCUT2D eigenvalue weighted by molar-refractivity contribution is 8.01. The normalized spacial score (nSPS) is 10.8. The molecule has 20 heavy (non-hydrogen) atoms. The Hall–Kier alpha value is -2.13. The predicted molar refractivity (Wildman–Crippen MR) is 77.6 cm³/mol. The van der Waals surface area contributed by atoms with Crippen molar-refractivity contribution in [1.82, 2.24) is 19.9 Å². The van der Waals surface area contributed by atoms with E-state index >= 15 is 0 Å². The van der Waals surface area contributed by atoms with Crippen molar-refractivity contribution in [3.05, 3.63) is 41.1 Å². The number of para-hydroxylation sites is 1. The van der Waals surface area contributed by atoms with E-state index in [-0.39, 0.29) is 11.7 Å². The van der Waals surface area contributed by atoms with Crippen LogP contribution in [0.5, 0.6) is 0 Å². The topological polar surface area (TPSA) is 92.7 Å². The van der Waals surface area contributed by atoms with E-state index in [1.165, 1.54) is 29.4 Å². The molecule has 1 aromatic carbocycles. The number of aromatic nitrogens is 4. The summed E-state index contributed by atoms with van der Waals surface area (Å²) in [7, 11) is 0. The predicted octanol–water partition coefficient (Wildman–Crippen LogP) is 1.04. The van der Waals surface area contributed by atoms with E-state index in [0.717, 1.165) is 19.2 Å². The van der Waals surface area contributed by atoms with Gasteiger partial charge in [-0.05, 0) is 12.1 Å². The van der Waals surface area contributed by atoms with Crippen LogP contribution in [0, 0.1) is 0 Å². The number of carbonyl (C=O) groups is 1. The van der Waals surface area contributed by atoms with Crippen LogP contribution in [0.2, 0.25) is 0 Å². The second kappa shape index (κ2) is 5.47. The SMILES string of the molecule is O=C(CSc1nc2ccccc2s1)Nn1cn[nH]c1=O. The van der Waals surface area contributed by atoms with Gasteiger partial charge in [0.05, 0.1) is 16.0 Å². The number of carbonyl (C=O) groups excluding carboxylic acids is 1. The molecule has 9 heteroatoms. The molecule has 0 aliphatic carbocycles. The fourth-order valence-electron chi connectivity index (χ4n) is 1.53. The highest BCUT2D eigenvalue weighted by Crippen LogP contribution is 2.28. The number of H-pyrrole nitrogens is 1. The zero-order valence-corrected chi connectivity index (χ0v) is 11.7. The molecule has 0 atom stereocenters. The molecule has 0 aliphatic rings. The van der Waals surface area contributed by atoms with Gasteiger partial charge in [0.15, 0.2) is 4.34 Å². The summed E-state index contributed by atoms with van der Waals surface area (Å²) in [5, 5.41) is 5.71. The van der Waals surface area contributed by atoms with Crippen LogP contribution in [-0.2, 0) is 4.79 Å². The number of thioether (sulfide) groups is 1. The molecule has 0 saturated heterocycles. The lowest BCUT2D eigenvalue weighted by molar-refractivity contribution is -0.114. The van der Waals surface area contributed by atoms with Gasteiger partial charge >= 0.3 is 5.69 Å². The summed E-state index contributed by atoms with van der Waals surface area (Å²) in [6, 6.07) is 7.80. The standard InChI is InChI=1S/C11H9N5O2S2/c17-9(15-16-6-12-14-10(16)18)5-19-11-13-7-3-1-2-4-8(7)20-11/h1-4,6H,5H2,(H,14,18)(H,15,17). The molecular formula is C11H9N5O2S2. The lowest BCUT2D eigenvalue weighted by atomic mass is 10.3.